The molecule has 1 aliphatic heterocycles. The second-order valence-corrected chi connectivity index (χ2v) is 8.66. The lowest BCUT2D eigenvalue weighted by molar-refractivity contribution is -0.127. The van der Waals surface area contributed by atoms with E-state index >= 15 is 0 Å². The van der Waals surface area contributed by atoms with Crippen LogP contribution < -0.4 is 10.1 Å². The van der Waals surface area contributed by atoms with Crippen LogP contribution in [0.1, 0.15) is 16.7 Å². The first-order valence-corrected chi connectivity index (χ1v) is 11.3. The van der Waals surface area contributed by atoms with E-state index in [0.29, 0.717) is 12.4 Å². The Labute approximate surface area is 200 Å². The quantitative estimate of drug-likeness (QED) is 0.463. The van der Waals surface area contributed by atoms with Crippen LogP contribution in [0.15, 0.2) is 77.7 Å². The van der Waals surface area contributed by atoms with E-state index in [9.17, 15) is 18.8 Å². The maximum absolute atomic E-state index is 13.3. The van der Waals surface area contributed by atoms with E-state index in [0.717, 1.165) is 33.9 Å². The van der Waals surface area contributed by atoms with Gasteiger partial charge in [-0.1, -0.05) is 48.0 Å². The van der Waals surface area contributed by atoms with Crippen LogP contribution in [0.2, 0.25) is 0 Å². The maximum atomic E-state index is 13.3. The molecule has 0 aromatic heterocycles. The third-order valence-electron chi connectivity index (χ3n) is 4.99. The van der Waals surface area contributed by atoms with E-state index < -0.39 is 29.4 Å². The highest BCUT2D eigenvalue weighted by atomic mass is 32.2. The number of halogens is 1. The molecule has 1 fully saturated rings. The molecule has 0 saturated carbocycles. The molecular weight excluding hydrogens is 455 g/mol. The molecule has 172 valence electrons. The summed E-state index contributed by atoms with van der Waals surface area (Å²) in [4.78, 5) is 38.3. The minimum absolute atomic E-state index is 0.219. The van der Waals surface area contributed by atoms with Crippen molar-refractivity contribution in [2.45, 2.75) is 13.5 Å². The normalized spacial score (nSPS) is 14.5. The molecule has 3 aromatic carbocycles. The lowest BCUT2D eigenvalue weighted by Crippen LogP contribution is -2.36. The molecule has 8 heteroatoms. The number of hydrogen-bond acceptors (Lipinski definition) is 5. The second-order valence-electron chi connectivity index (χ2n) is 7.67. The van der Waals surface area contributed by atoms with Gasteiger partial charge >= 0.3 is 0 Å². The van der Waals surface area contributed by atoms with Gasteiger partial charge in [0.1, 0.15) is 24.7 Å². The van der Waals surface area contributed by atoms with Crippen LogP contribution >= 0.6 is 11.8 Å². The first-order valence-electron chi connectivity index (χ1n) is 10.5. The predicted octanol–water partition coefficient (Wildman–Crippen LogP) is 5.39. The number of hydrogen-bond donors (Lipinski definition) is 1. The van der Waals surface area contributed by atoms with Crippen LogP contribution in [0.5, 0.6) is 5.75 Å². The average molecular weight is 477 g/mol. The van der Waals surface area contributed by atoms with Crippen molar-refractivity contribution in [2.24, 2.45) is 0 Å². The molecule has 1 aliphatic rings. The lowest BCUT2D eigenvalue weighted by Gasteiger charge is -2.12. The Morgan fingerprint density at radius 2 is 1.79 bits per heavy atom. The molecule has 0 unspecified atom stereocenters. The third-order valence-corrected chi connectivity index (χ3v) is 5.90. The number of ether oxygens (including phenoxy) is 1. The highest BCUT2D eigenvalue weighted by Crippen LogP contribution is 2.32. The topological polar surface area (TPSA) is 75.7 Å². The van der Waals surface area contributed by atoms with Crippen molar-refractivity contribution in [3.05, 3.63) is 100 Å². The zero-order valence-corrected chi connectivity index (χ0v) is 19.1. The SMILES string of the molecule is Cc1ccc(COc2ccc(/C=C3/SC(=O)N(CC(=O)Nc4cccc(F)c4)C3=O)cc2)cc1. The highest BCUT2D eigenvalue weighted by molar-refractivity contribution is 8.18. The molecule has 0 radical (unpaired) electrons. The van der Waals surface area contributed by atoms with Gasteiger partial charge in [-0.3, -0.25) is 19.3 Å². The molecule has 1 heterocycles. The van der Waals surface area contributed by atoms with E-state index in [1.54, 1.807) is 30.3 Å². The number of imide groups is 1. The molecule has 0 bridgehead atoms. The number of nitrogens with zero attached hydrogens (tertiary/aromatic N) is 1. The fourth-order valence-electron chi connectivity index (χ4n) is 3.21. The van der Waals surface area contributed by atoms with Crippen molar-refractivity contribution in [3.63, 3.8) is 0 Å². The number of anilines is 1. The van der Waals surface area contributed by atoms with Gasteiger partial charge in [0.05, 0.1) is 4.91 Å². The zero-order chi connectivity index (χ0) is 24.1. The maximum Gasteiger partial charge on any atom is 0.294 e. The number of amides is 3. The van der Waals surface area contributed by atoms with Gasteiger partial charge in [0.25, 0.3) is 11.1 Å². The van der Waals surface area contributed by atoms with E-state index in [2.05, 4.69) is 5.32 Å². The van der Waals surface area contributed by atoms with Crippen LogP contribution in [0, 0.1) is 12.7 Å². The van der Waals surface area contributed by atoms with Crippen LogP contribution in [0.4, 0.5) is 14.9 Å². The van der Waals surface area contributed by atoms with Crippen molar-refractivity contribution >= 4 is 40.6 Å². The predicted molar refractivity (Wildman–Crippen MR) is 130 cm³/mol. The van der Waals surface area contributed by atoms with Crippen molar-refractivity contribution in [1.82, 2.24) is 4.90 Å². The fourth-order valence-corrected chi connectivity index (χ4v) is 4.05. The van der Waals surface area contributed by atoms with Crippen LogP contribution in [0.25, 0.3) is 6.08 Å². The standard InChI is InChI=1S/C26H21FN2O4S/c1-17-5-7-19(8-6-17)16-33-22-11-9-18(10-12-22)13-23-25(31)29(26(32)34-23)15-24(30)28-21-4-2-3-20(27)14-21/h2-14H,15-16H2,1H3,(H,28,30)/b23-13+. The number of nitrogens with one attached hydrogen (secondary N) is 1. The van der Waals surface area contributed by atoms with E-state index in [1.807, 2.05) is 31.2 Å². The van der Waals surface area contributed by atoms with E-state index in [4.69, 9.17) is 4.74 Å². The number of benzene rings is 3. The monoisotopic (exact) mass is 476 g/mol. The summed E-state index contributed by atoms with van der Waals surface area (Å²) in [6.07, 6.45) is 1.60. The molecule has 1 N–H and O–H groups in total. The summed E-state index contributed by atoms with van der Waals surface area (Å²) in [5.41, 5.74) is 3.21. The van der Waals surface area contributed by atoms with Gasteiger partial charge in [0.2, 0.25) is 5.91 Å². The Kier molecular flexibility index (Phi) is 7.08. The van der Waals surface area contributed by atoms with Gasteiger partial charge in [0, 0.05) is 5.69 Å². The molecular formula is C26H21FN2O4S. The van der Waals surface area contributed by atoms with Gasteiger partial charge < -0.3 is 10.1 Å². The van der Waals surface area contributed by atoms with Crippen LogP contribution in [0.3, 0.4) is 0 Å². The number of rotatable bonds is 7. The summed E-state index contributed by atoms with van der Waals surface area (Å²) >= 11 is 0.768. The van der Waals surface area contributed by atoms with Crippen LogP contribution in [-0.4, -0.2) is 28.5 Å². The molecule has 6 nitrogen and oxygen atoms in total. The summed E-state index contributed by atoms with van der Waals surface area (Å²) in [6, 6.07) is 20.6. The second kappa shape index (κ2) is 10.4. The first kappa shape index (κ1) is 23.3. The Hall–Kier alpha value is -3.91. The molecule has 0 aliphatic carbocycles. The number of thioether (sulfide) groups is 1. The largest absolute Gasteiger partial charge is 0.489 e. The third kappa shape index (κ3) is 5.90. The summed E-state index contributed by atoms with van der Waals surface area (Å²) < 4.78 is 19.1. The average Bonchev–Trinajstić information content (AvgIpc) is 3.07. The molecule has 3 aromatic rings. The molecule has 0 spiro atoms. The van der Waals surface area contributed by atoms with E-state index in [-0.39, 0.29) is 10.6 Å². The van der Waals surface area contributed by atoms with Gasteiger partial charge in [0.15, 0.2) is 0 Å². The fraction of sp³-hybridized carbons (Fsp3) is 0.115. The molecule has 1 saturated heterocycles. The molecule has 0 atom stereocenters. The number of carbonyl (C=O) groups excluding carboxylic acids is 3. The Bertz CT molecular complexity index is 1260. The smallest absolute Gasteiger partial charge is 0.294 e. The van der Waals surface area contributed by atoms with Gasteiger partial charge in [-0.2, -0.15) is 0 Å². The first-order chi connectivity index (χ1) is 16.4. The Morgan fingerprint density at radius 3 is 2.50 bits per heavy atom. The number of aryl methyl sites for hydroxylation is 1. The zero-order valence-electron chi connectivity index (χ0n) is 18.3. The molecule has 4 rings (SSSR count). The Morgan fingerprint density at radius 1 is 1.06 bits per heavy atom. The molecule has 3 amide bonds. The minimum Gasteiger partial charge on any atom is -0.489 e. The van der Waals surface area contributed by atoms with Crippen molar-refractivity contribution in [2.75, 3.05) is 11.9 Å². The minimum atomic E-state index is -0.593. The lowest BCUT2D eigenvalue weighted by atomic mass is 10.1. The summed E-state index contributed by atoms with van der Waals surface area (Å²) in [5.74, 6) is -0.966. The van der Waals surface area contributed by atoms with Crippen molar-refractivity contribution in [1.29, 1.82) is 0 Å². The summed E-state index contributed by atoms with van der Waals surface area (Å²) in [7, 11) is 0. The van der Waals surface area contributed by atoms with Gasteiger partial charge in [-0.05, 0) is 66.2 Å². The van der Waals surface area contributed by atoms with Crippen molar-refractivity contribution < 1.29 is 23.5 Å². The van der Waals surface area contributed by atoms with Gasteiger partial charge in [-0.25, -0.2) is 4.39 Å². The summed E-state index contributed by atoms with van der Waals surface area (Å²) in [6.45, 7) is 2.01. The van der Waals surface area contributed by atoms with E-state index in [1.165, 1.54) is 23.8 Å². The van der Waals surface area contributed by atoms with Crippen molar-refractivity contribution in [3.8, 4) is 5.75 Å². The molecule has 34 heavy (non-hydrogen) atoms. The highest BCUT2D eigenvalue weighted by Gasteiger charge is 2.36. The van der Waals surface area contributed by atoms with Gasteiger partial charge in [-0.15, -0.1) is 0 Å². The number of carbonyl (C=O) groups is 3. The Balaban J connectivity index is 1.35. The van der Waals surface area contributed by atoms with Crippen LogP contribution in [-0.2, 0) is 16.2 Å². The summed E-state index contributed by atoms with van der Waals surface area (Å²) in [5, 5.41) is 1.94.